The van der Waals surface area contributed by atoms with Crippen LogP contribution in [0.25, 0.3) is 0 Å². The first kappa shape index (κ1) is 7.04. The van der Waals surface area contributed by atoms with Crippen molar-refractivity contribution in [2.75, 3.05) is 16.8 Å². The lowest BCUT2D eigenvalue weighted by Crippen LogP contribution is -2.49. The van der Waals surface area contributed by atoms with Crippen LogP contribution in [0.3, 0.4) is 0 Å². The molecule has 0 spiro atoms. The monoisotopic (exact) mass is 209 g/mol. The maximum atomic E-state index is 7.65. The number of aromatic nitrogens is 2. The molecule has 15 heavy (non-hydrogen) atoms. The highest BCUT2D eigenvalue weighted by Gasteiger charge is 2.38. The molecule has 4 nitrogen and oxygen atoms in total. The molecular formula is C11H18N4. The van der Waals surface area contributed by atoms with Crippen molar-refractivity contribution in [2.45, 2.75) is 39.4 Å². The zero-order valence-corrected chi connectivity index (χ0v) is 9.52. The van der Waals surface area contributed by atoms with Gasteiger partial charge in [0.05, 0.1) is 0 Å². The molecule has 2 rings (SSSR count). The molecule has 0 saturated heterocycles. The molecule has 0 radical (unpaired) electrons. The van der Waals surface area contributed by atoms with E-state index in [9.17, 15) is 0 Å². The molecular weight excluding hydrogens is 188 g/mol. The Bertz CT molecular complexity index is 411. The molecule has 1 unspecified atom stereocenters. The van der Waals surface area contributed by atoms with Crippen molar-refractivity contribution >= 4 is 11.6 Å². The smallest absolute Gasteiger partial charge is 0.174 e. The molecule has 0 N–H and O–H groups in total. The molecule has 0 bridgehead atoms. The molecule has 0 aliphatic carbocycles. The van der Waals surface area contributed by atoms with E-state index >= 15 is 0 Å². The lowest BCUT2D eigenvalue weighted by Gasteiger charge is -2.37. The number of nitrogens with zero attached hydrogens (tertiary/aromatic N) is 4. The summed E-state index contributed by atoms with van der Waals surface area (Å²) in [5.74, 6) is 1.06. The van der Waals surface area contributed by atoms with Crippen molar-refractivity contribution in [1.29, 1.82) is 0 Å². The number of hydrogen-bond donors (Lipinski definition) is 0. The van der Waals surface area contributed by atoms with E-state index in [0.29, 0.717) is 11.6 Å². The Hall–Kier alpha value is -1.32. The number of rotatable bonds is 0. The molecule has 1 atom stereocenters. The Labute approximate surface area is 95.2 Å². The fourth-order valence-electron chi connectivity index (χ4n) is 2.01. The molecule has 4 heteroatoms. The normalized spacial score (nSPS) is 24.5. The highest BCUT2D eigenvalue weighted by Crippen LogP contribution is 2.38. The fraction of sp³-hybridized carbons (Fsp3) is 0.636. The summed E-state index contributed by atoms with van der Waals surface area (Å²) in [5.41, 5.74) is -0.218. The van der Waals surface area contributed by atoms with Crippen molar-refractivity contribution in [3.05, 3.63) is 12.4 Å². The second-order valence-electron chi connectivity index (χ2n) is 4.75. The van der Waals surface area contributed by atoms with Crippen molar-refractivity contribution in [3.63, 3.8) is 0 Å². The van der Waals surface area contributed by atoms with E-state index in [1.54, 1.807) is 6.20 Å². The van der Waals surface area contributed by atoms with E-state index in [1.165, 1.54) is 11.1 Å². The average molecular weight is 209 g/mol. The summed E-state index contributed by atoms with van der Waals surface area (Å²) in [6, 6.07) is 0. The van der Waals surface area contributed by atoms with Crippen LogP contribution in [0.5, 0.6) is 0 Å². The van der Waals surface area contributed by atoms with Gasteiger partial charge in [-0.15, -0.1) is 0 Å². The first-order chi connectivity index (χ1) is 8.14. The van der Waals surface area contributed by atoms with Gasteiger partial charge in [0.15, 0.2) is 11.6 Å². The van der Waals surface area contributed by atoms with Crippen molar-refractivity contribution in [2.24, 2.45) is 0 Å². The Morgan fingerprint density at radius 3 is 2.40 bits per heavy atom. The van der Waals surface area contributed by atoms with Gasteiger partial charge in [0.25, 0.3) is 0 Å². The van der Waals surface area contributed by atoms with Gasteiger partial charge >= 0.3 is 0 Å². The number of fused-ring (bicyclic) bond motifs is 1. The van der Waals surface area contributed by atoms with Gasteiger partial charge in [-0.1, -0.05) is 0 Å². The summed E-state index contributed by atoms with van der Waals surface area (Å²) in [4.78, 5) is 11.8. The topological polar surface area (TPSA) is 32.3 Å². The zero-order valence-electron chi connectivity index (χ0n) is 12.5. The zero-order chi connectivity index (χ0) is 13.7. The minimum Gasteiger partial charge on any atom is -0.336 e. The summed E-state index contributed by atoms with van der Waals surface area (Å²) < 4.78 is 22.9. The number of anilines is 2. The van der Waals surface area contributed by atoms with Gasteiger partial charge in [0, 0.05) is 29.0 Å². The van der Waals surface area contributed by atoms with Gasteiger partial charge in [-0.25, -0.2) is 9.97 Å². The quantitative estimate of drug-likeness (QED) is 0.653. The highest BCUT2D eigenvalue weighted by atomic mass is 15.5. The minimum atomic E-state index is -2.22. The fourth-order valence-corrected chi connectivity index (χ4v) is 2.01. The molecule has 1 aliphatic rings. The van der Waals surface area contributed by atoms with E-state index in [0.717, 1.165) is 0 Å². The van der Waals surface area contributed by atoms with E-state index < -0.39 is 6.98 Å². The lowest BCUT2D eigenvalue weighted by atomic mass is 10.1. The molecule has 1 aromatic rings. The first-order valence-corrected chi connectivity index (χ1v) is 5.04. The standard InChI is InChI=1S/C11H18N4/c1-8-14(5)9-10(13-7-6-12-9)15(8)11(2,3)4/h6-8H,1-5H3/i5D3. The lowest BCUT2D eigenvalue weighted by molar-refractivity contribution is 0.460. The molecule has 0 aromatic carbocycles. The van der Waals surface area contributed by atoms with Gasteiger partial charge in [-0.3, -0.25) is 0 Å². The predicted octanol–water partition coefficient (Wildman–Crippen LogP) is 1.88. The summed E-state index contributed by atoms with van der Waals surface area (Å²) in [5, 5.41) is 0. The molecule has 82 valence electrons. The Kier molecular flexibility index (Phi) is 1.45. The van der Waals surface area contributed by atoms with E-state index in [1.807, 2.05) is 32.6 Å². The Balaban J connectivity index is 2.57. The molecule has 0 saturated carbocycles. The van der Waals surface area contributed by atoms with Crippen LogP contribution in [0.15, 0.2) is 12.4 Å². The second kappa shape index (κ2) is 3.08. The second-order valence-corrected chi connectivity index (χ2v) is 4.75. The summed E-state index contributed by atoms with van der Waals surface area (Å²) in [6.07, 6.45) is 2.82. The van der Waals surface area contributed by atoms with Crippen LogP contribution in [-0.4, -0.2) is 28.6 Å². The van der Waals surface area contributed by atoms with Gasteiger partial charge in [-0.05, 0) is 27.7 Å². The van der Waals surface area contributed by atoms with Crippen molar-refractivity contribution in [3.8, 4) is 0 Å². The molecule has 0 amide bonds. The van der Waals surface area contributed by atoms with E-state index in [-0.39, 0.29) is 11.7 Å². The maximum Gasteiger partial charge on any atom is 0.174 e. The highest BCUT2D eigenvalue weighted by molar-refractivity contribution is 5.70. The number of hydrogen-bond acceptors (Lipinski definition) is 4. The molecule has 1 aliphatic heterocycles. The van der Waals surface area contributed by atoms with Crippen LogP contribution in [0.4, 0.5) is 11.6 Å². The van der Waals surface area contributed by atoms with Crippen LogP contribution in [0.1, 0.15) is 31.8 Å². The van der Waals surface area contributed by atoms with E-state index in [4.69, 9.17) is 4.11 Å². The van der Waals surface area contributed by atoms with Crippen LogP contribution >= 0.6 is 0 Å². The third-order valence-corrected chi connectivity index (χ3v) is 2.59. The van der Waals surface area contributed by atoms with Gasteiger partial charge < -0.3 is 9.80 Å². The van der Waals surface area contributed by atoms with Crippen LogP contribution in [0, 0.1) is 0 Å². The summed E-state index contributed by atoms with van der Waals surface area (Å²) in [6.45, 7) is 5.74. The Morgan fingerprint density at radius 2 is 1.87 bits per heavy atom. The van der Waals surface area contributed by atoms with Crippen LogP contribution < -0.4 is 9.80 Å². The van der Waals surface area contributed by atoms with Gasteiger partial charge in [-0.2, -0.15) is 0 Å². The SMILES string of the molecule is [2H]C([2H])([2H])N1c2nccnc2N(C(C)(C)C)C1C. The Morgan fingerprint density at radius 1 is 1.27 bits per heavy atom. The van der Waals surface area contributed by atoms with E-state index in [2.05, 4.69) is 9.97 Å². The largest absolute Gasteiger partial charge is 0.336 e. The van der Waals surface area contributed by atoms with Crippen LogP contribution in [-0.2, 0) is 0 Å². The van der Waals surface area contributed by atoms with Gasteiger partial charge in [0.1, 0.15) is 6.17 Å². The molecule has 0 fully saturated rings. The molecule has 1 aromatic heterocycles. The van der Waals surface area contributed by atoms with Crippen LogP contribution in [0.2, 0.25) is 0 Å². The van der Waals surface area contributed by atoms with Crippen molar-refractivity contribution < 1.29 is 4.11 Å². The molecule has 2 heterocycles. The summed E-state index contributed by atoms with van der Waals surface area (Å²) >= 11 is 0. The third kappa shape index (κ3) is 1.44. The maximum absolute atomic E-state index is 7.65. The predicted molar refractivity (Wildman–Crippen MR) is 62.1 cm³/mol. The third-order valence-electron chi connectivity index (χ3n) is 2.59. The average Bonchev–Trinajstić information content (AvgIpc) is 2.47. The minimum absolute atomic E-state index is 0.218. The summed E-state index contributed by atoms with van der Waals surface area (Å²) in [7, 11) is 0. The van der Waals surface area contributed by atoms with Crippen molar-refractivity contribution in [1.82, 2.24) is 9.97 Å². The first-order valence-electron chi connectivity index (χ1n) is 6.54. The van der Waals surface area contributed by atoms with Gasteiger partial charge in [0.2, 0.25) is 0 Å².